The van der Waals surface area contributed by atoms with Crippen LogP contribution in [0.1, 0.15) is 85.8 Å². The number of nitrogens with two attached hydrogens (primary N) is 4. The van der Waals surface area contributed by atoms with Gasteiger partial charge < -0.3 is 171 Å². The summed E-state index contributed by atoms with van der Waals surface area (Å²) in [6.07, 6.45) is -26.9. The van der Waals surface area contributed by atoms with Gasteiger partial charge in [-0.2, -0.15) is 15.0 Å². The Morgan fingerprint density at radius 2 is 0.850 bits per heavy atom. The number of aryl methyl sites for hydroxylation is 4. The molecule has 140 heavy (non-hydrogen) atoms. The van der Waals surface area contributed by atoms with Crippen LogP contribution in [0.4, 0.5) is 23.4 Å². The Balaban J connectivity index is 0.748. The van der Waals surface area contributed by atoms with Gasteiger partial charge in [0.2, 0.25) is 5.95 Å². The molecule has 0 aromatic carbocycles. The number of phosphoric acid groups is 1. The first kappa shape index (κ1) is 109. The second kappa shape index (κ2) is 46.3. The Kier molecular flexibility index (Phi) is 35.9. The summed E-state index contributed by atoms with van der Waals surface area (Å²) >= 11 is 22.2. The zero-order chi connectivity index (χ0) is 101. The molecular formula is C73H100N20O38P5S4-5. The molecule has 6 aliphatic rings. The number of aromatic nitrogens is 16. The molecule has 0 bridgehead atoms. The lowest BCUT2D eigenvalue weighted by Crippen LogP contribution is -2.42. The van der Waals surface area contributed by atoms with Crippen molar-refractivity contribution in [3.05, 3.63) is 139 Å². The molecule has 0 radical (unpaired) electrons. The van der Waals surface area contributed by atoms with E-state index < -0.39 is 255 Å². The molecule has 0 saturated carbocycles. The number of nitrogens with zero attached hydrogens (tertiary/aromatic N) is 13. The predicted molar refractivity (Wildman–Crippen MR) is 485 cm³/mol. The SMILES string of the molecule is CC[C@H]1O[C@@H](n2cc(C)c(N)nc2=O)CC1OP([O-])(=S)OC[C@H]1O[C@@H](n2cc(C)c(=O)[nH]c2=O)CC1OP(=O)([S-])OC[C@H]1O[C@@H](n2cnc3c(N)ncnc32)[C@@H](OCCOC)C1OP(=O)([O-])OC[C@H]1O[C@@H](n2cnc3c(=O)[nH]c(N)nc32)[C@@H](OCCOC)C1OP([O-])(=S)OC[C@H]1O[C@@H](n2cc(C)c(=O)[nH]c2=O)[C@@H](OCCOC)C1OP([O-])(=S)OC[C@H]1O[C@@H](n2cc(C)c(N)nc2=O)[C@@H](OCCOC)C1O. The van der Waals surface area contributed by atoms with Gasteiger partial charge in [-0.05, 0) is 34.1 Å². The van der Waals surface area contributed by atoms with Gasteiger partial charge in [0.05, 0.1) is 117 Å². The molecule has 6 aliphatic heterocycles. The largest absolute Gasteiger partial charge is 0.780 e. The van der Waals surface area contributed by atoms with E-state index in [9.17, 15) is 48.5 Å². The van der Waals surface area contributed by atoms with Crippen LogP contribution < -0.4 is 81.9 Å². The van der Waals surface area contributed by atoms with Gasteiger partial charge in [0.1, 0.15) is 135 Å². The maximum Gasteiger partial charge on any atom is 0.351 e. The van der Waals surface area contributed by atoms with Crippen molar-refractivity contribution in [3.63, 3.8) is 0 Å². The summed E-state index contributed by atoms with van der Waals surface area (Å²) in [5, 5.41) is 11.8. The molecule has 6 saturated heterocycles. The number of anilines is 4. The summed E-state index contributed by atoms with van der Waals surface area (Å²) in [6.45, 7) is -19.4. The van der Waals surface area contributed by atoms with Crippen molar-refractivity contribution in [3.8, 4) is 0 Å². The average molecular weight is 2150 g/mol. The summed E-state index contributed by atoms with van der Waals surface area (Å²) in [6, 6.07) is 0. The van der Waals surface area contributed by atoms with E-state index in [1.165, 1.54) is 70.1 Å². The van der Waals surface area contributed by atoms with Gasteiger partial charge in [-0.15, -0.1) is 0 Å². The van der Waals surface area contributed by atoms with Crippen LogP contribution in [0.5, 0.6) is 0 Å². The zero-order valence-electron chi connectivity index (χ0n) is 75.6. The lowest BCUT2D eigenvalue weighted by Gasteiger charge is -2.37. The van der Waals surface area contributed by atoms with Crippen LogP contribution in [0.2, 0.25) is 0 Å². The van der Waals surface area contributed by atoms with Crippen LogP contribution >= 0.6 is 34.8 Å². The van der Waals surface area contributed by atoms with Crippen LogP contribution in [0, 0.1) is 27.7 Å². The monoisotopic (exact) mass is 2150 g/mol. The molecule has 0 spiro atoms. The number of phosphoric ester groups is 1. The standard InChI is InChI=1S/C73H105N20O38P5S4/c1-10-37-38(19-45(121-37)88-21-33(2)57(74)82-70(88)98)127-133(104,137)117-25-40-39(20-46(122-40)89-23-35(4)62(95)86-72(89)100)128-134(105,138)119-28-43-50(54(113-16-12-109-7)67(126-43)92-31-80-47-59(76)78-30-79-60(47)92)129-132(102,103)116-27-42-51(56(115-18-14-111-9)68(125-42)93-32-81-48-61(93)84-69(77)85-64(48)97)130-136(107,140)120-29-44-52(55(114-17-13-110-8)66(124-44)91-24-36(5)63(96)87-73(91)101)131-135(106,139)118-26-41-49(94)53(112-15-11-108-6)65(123-41)90-22-34(3)58(75)83-71(90)99/h21-24,30-32,37-46,49-56,65-68,94H,10-20,25-29H2,1-9H3,(H,102,103)(H,104,137)(H,105,138)(H,106,139)(H,107,140)(H2,74,82,98)(H2,75,83,99)(H2,76,78,79)(H,86,95,100)(H,87,96,101)(H3,77,84,85,97)/p-5/t37-,38?,39?,40-,41-,42-,43-,44-,45-,46-,49?,50?,51?,52?,53+,54+,55+,56+,65-,66-,67-,68-,133?,134?,135?,136?/m1/s1. The molecule has 14 heterocycles. The van der Waals surface area contributed by atoms with E-state index in [2.05, 4.69) is 49.8 Å². The van der Waals surface area contributed by atoms with Gasteiger partial charge in [-0.1, -0.05) is 42.3 Å². The van der Waals surface area contributed by atoms with E-state index >= 15 is 18.9 Å². The highest BCUT2D eigenvalue weighted by Crippen LogP contribution is 2.56. The molecule has 12 N–H and O–H groups in total. The summed E-state index contributed by atoms with van der Waals surface area (Å²) in [5.41, 5.74) is 18.2. The number of fused-ring (bicyclic) bond motifs is 2. The molecule has 8 aromatic heterocycles. The van der Waals surface area contributed by atoms with Gasteiger partial charge in [-0.25, -0.2) is 39.1 Å². The molecule has 774 valence electrons. The van der Waals surface area contributed by atoms with Crippen molar-refractivity contribution in [1.82, 2.24) is 77.2 Å². The fourth-order valence-electron chi connectivity index (χ4n) is 16.0. The first-order chi connectivity index (χ1) is 66.4. The third kappa shape index (κ3) is 25.5. The Bertz CT molecular complexity index is 6440. The summed E-state index contributed by atoms with van der Waals surface area (Å²) in [5.74, 6) is -0.667. The second-order valence-corrected chi connectivity index (χ2v) is 44.4. The molecule has 0 aliphatic carbocycles. The number of nitrogen functional groups attached to an aromatic ring is 4. The van der Waals surface area contributed by atoms with Crippen LogP contribution in [0.3, 0.4) is 0 Å². The van der Waals surface area contributed by atoms with Gasteiger partial charge in [-0.3, -0.25) is 65.9 Å². The molecule has 14 rings (SSSR count). The van der Waals surface area contributed by atoms with Gasteiger partial charge in [0, 0.05) is 88.3 Å². The Morgan fingerprint density at radius 3 is 1.39 bits per heavy atom. The van der Waals surface area contributed by atoms with E-state index in [0.29, 0.717) is 11.1 Å². The minimum atomic E-state index is -6.12. The quantitative estimate of drug-likeness (QED) is 0.0103. The number of aliphatic hydroxyl groups excluding tert-OH is 1. The highest BCUT2D eigenvalue weighted by atomic mass is 32.7. The number of aromatic amines is 3. The number of hydrogen-bond donors (Lipinski definition) is 8. The number of rotatable bonds is 48. The van der Waals surface area contributed by atoms with Crippen molar-refractivity contribution in [1.29, 1.82) is 0 Å². The third-order valence-corrected chi connectivity index (χ3v) is 30.0. The van der Waals surface area contributed by atoms with E-state index in [-0.39, 0.29) is 117 Å². The topological polar surface area (TPSA) is 759 Å². The van der Waals surface area contributed by atoms with Crippen molar-refractivity contribution >= 4 is 128 Å². The smallest absolute Gasteiger partial charge is 0.351 e. The van der Waals surface area contributed by atoms with Crippen LogP contribution in [0.25, 0.3) is 22.3 Å². The fourth-order valence-corrected chi connectivity index (χ4v) is 22.7. The zero-order valence-corrected chi connectivity index (χ0v) is 83.3. The fraction of sp³-hybridized carbons (Fsp3) is 0.644. The first-order valence-electron chi connectivity index (χ1n) is 42.6. The summed E-state index contributed by atoms with van der Waals surface area (Å²) in [7, 11) is -0.784. The summed E-state index contributed by atoms with van der Waals surface area (Å²) in [4.78, 5) is 188. The predicted octanol–water partition coefficient (Wildman–Crippen LogP) is -3.92. The third-order valence-electron chi connectivity index (χ3n) is 22.8. The molecule has 27 atom stereocenters. The number of nitrogens with one attached hydrogen (secondary N) is 3. The van der Waals surface area contributed by atoms with Crippen LogP contribution in [-0.2, 0) is 168 Å². The highest BCUT2D eigenvalue weighted by molar-refractivity contribution is 8.32. The second-order valence-electron chi connectivity index (χ2n) is 32.2. The molecule has 6 fully saturated rings. The van der Waals surface area contributed by atoms with Crippen molar-refractivity contribution in [2.45, 2.75) is 189 Å². The maximum atomic E-state index is 15.5. The van der Waals surface area contributed by atoms with E-state index in [4.69, 9.17) is 182 Å². The number of imidazole rings is 2. The average Bonchev–Trinajstić information content (AvgIpc) is 1.61. The summed E-state index contributed by atoms with van der Waals surface area (Å²) < 4.78 is 181. The maximum absolute atomic E-state index is 15.5. The Labute approximate surface area is 811 Å². The number of hydrogen-bond acceptors (Lipinski definition) is 53. The van der Waals surface area contributed by atoms with E-state index in [0.717, 1.165) is 43.3 Å². The highest BCUT2D eigenvalue weighted by Gasteiger charge is 2.56. The van der Waals surface area contributed by atoms with E-state index in [1.807, 2.05) is 0 Å². The lowest BCUT2D eigenvalue weighted by atomic mass is 10.1. The van der Waals surface area contributed by atoms with E-state index in [1.54, 1.807) is 20.8 Å². The van der Waals surface area contributed by atoms with Crippen LogP contribution in [0.15, 0.2) is 77.3 Å². The van der Waals surface area contributed by atoms with Gasteiger partial charge >= 0.3 is 22.8 Å². The van der Waals surface area contributed by atoms with Crippen molar-refractivity contribution < 1.29 is 145 Å². The molecule has 11 unspecified atom stereocenters. The van der Waals surface area contributed by atoms with Crippen molar-refractivity contribution in [2.24, 2.45) is 0 Å². The number of methoxy groups -OCH3 is 4. The molecule has 8 aromatic rings. The molecule has 67 heteroatoms. The van der Waals surface area contributed by atoms with Gasteiger partial charge in [0.25, 0.3) is 24.5 Å². The van der Waals surface area contributed by atoms with Gasteiger partial charge in [0.15, 0.2) is 54.3 Å². The van der Waals surface area contributed by atoms with Crippen LogP contribution in [-0.4, -0.2) is 294 Å². The normalized spacial score (nSPS) is 29.2. The Hall–Kier alpha value is -7.18. The Morgan fingerprint density at radius 1 is 0.436 bits per heavy atom. The molecule has 58 nitrogen and oxygen atoms in total. The number of H-pyrrole nitrogens is 3. The lowest BCUT2D eigenvalue weighted by molar-refractivity contribution is -0.237. The first-order valence-corrected chi connectivity index (χ1v) is 54.3. The number of aliphatic hydroxyl groups is 1. The molecule has 0 amide bonds. The minimum Gasteiger partial charge on any atom is -0.780 e. The molecular weight excluding hydrogens is 2050 g/mol. The minimum absolute atomic E-state index is 0.00672. The van der Waals surface area contributed by atoms with Crippen molar-refractivity contribution in [2.75, 3.05) is 137 Å². The number of ether oxygens (including phenoxy) is 14.